The summed E-state index contributed by atoms with van der Waals surface area (Å²) in [5.74, 6) is 0. The van der Waals surface area contributed by atoms with E-state index >= 15 is 0 Å². The van der Waals surface area contributed by atoms with E-state index in [1.807, 2.05) is 28.9 Å². The zero-order chi connectivity index (χ0) is 12.7. The Balaban J connectivity index is 2.17. The predicted octanol–water partition coefficient (Wildman–Crippen LogP) is 2.94. The van der Waals surface area contributed by atoms with Crippen LogP contribution in [-0.4, -0.2) is 19.4 Å². The number of rotatable bonds is 1. The topological polar surface area (TPSA) is 43.1 Å². The minimum absolute atomic E-state index is 0.844. The fourth-order valence-electron chi connectivity index (χ4n) is 2.37. The first-order chi connectivity index (χ1) is 9.43. The van der Waals surface area contributed by atoms with Crippen molar-refractivity contribution in [3.8, 4) is 11.4 Å². The van der Waals surface area contributed by atoms with Crippen molar-refractivity contribution in [2.45, 2.75) is 0 Å². The number of pyridine rings is 1. The van der Waals surface area contributed by atoms with E-state index < -0.39 is 0 Å². The summed E-state index contributed by atoms with van der Waals surface area (Å²) in [7, 11) is 0. The number of fused-ring (bicyclic) bond motifs is 3. The highest BCUT2D eigenvalue weighted by Crippen LogP contribution is 2.26. The molecule has 4 nitrogen and oxygen atoms in total. The summed E-state index contributed by atoms with van der Waals surface area (Å²) < 4.78 is 2.05. The van der Waals surface area contributed by atoms with Gasteiger partial charge in [0.25, 0.3) is 0 Å². The van der Waals surface area contributed by atoms with Gasteiger partial charge in [0.2, 0.25) is 0 Å². The molecule has 0 aliphatic heterocycles. The van der Waals surface area contributed by atoms with E-state index in [2.05, 4.69) is 33.2 Å². The molecule has 4 aromatic rings. The standard InChI is InChI=1S/C15H10N4/c1-2-4-12-11(3-1)9-14(13-10-16-5-6-17-13)19-8-7-18-15(12)19/h1-10H. The molecule has 19 heavy (non-hydrogen) atoms. The molecule has 0 radical (unpaired) electrons. The van der Waals surface area contributed by atoms with Crippen LogP contribution >= 0.6 is 0 Å². The molecule has 4 rings (SSSR count). The van der Waals surface area contributed by atoms with E-state index in [1.54, 1.807) is 18.6 Å². The number of hydrogen-bond acceptors (Lipinski definition) is 3. The van der Waals surface area contributed by atoms with Gasteiger partial charge in [-0.15, -0.1) is 0 Å². The number of benzene rings is 1. The Bertz CT molecular complexity index is 865. The first-order valence-electron chi connectivity index (χ1n) is 6.05. The molecule has 0 N–H and O–H groups in total. The largest absolute Gasteiger partial charge is 0.298 e. The summed E-state index contributed by atoms with van der Waals surface area (Å²) in [6.07, 6.45) is 8.90. The number of aromatic nitrogens is 4. The van der Waals surface area contributed by atoms with Gasteiger partial charge in [-0.05, 0) is 11.5 Å². The summed E-state index contributed by atoms with van der Waals surface area (Å²) in [4.78, 5) is 13.0. The average Bonchev–Trinajstić information content (AvgIpc) is 2.97. The summed E-state index contributed by atoms with van der Waals surface area (Å²) in [6, 6.07) is 10.3. The lowest BCUT2D eigenvalue weighted by atomic mass is 10.1. The summed E-state index contributed by atoms with van der Waals surface area (Å²) in [6.45, 7) is 0. The molecule has 0 saturated heterocycles. The summed E-state index contributed by atoms with van der Waals surface area (Å²) in [5, 5.41) is 2.29. The molecule has 4 heteroatoms. The van der Waals surface area contributed by atoms with Gasteiger partial charge < -0.3 is 0 Å². The van der Waals surface area contributed by atoms with E-state index in [0.29, 0.717) is 0 Å². The lowest BCUT2D eigenvalue weighted by Crippen LogP contribution is -1.94. The zero-order valence-electron chi connectivity index (χ0n) is 10.1. The molecule has 90 valence electrons. The average molecular weight is 246 g/mol. The van der Waals surface area contributed by atoms with Crippen molar-refractivity contribution in [3.05, 3.63) is 61.3 Å². The lowest BCUT2D eigenvalue weighted by molar-refractivity contribution is 1.14. The third-order valence-electron chi connectivity index (χ3n) is 3.22. The monoisotopic (exact) mass is 246 g/mol. The molecule has 0 bridgehead atoms. The first kappa shape index (κ1) is 10.2. The van der Waals surface area contributed by atoms with Crippen molar-refractivity contribution in [1.29, 1.82) is 0 Å². The molecule has 1 aromatic carbocycles. The second kappa shape index (κ2) is 3.88. The van der Waals surface area contributed by atoms with Crippen LogP contribution < -0.4 is 0 Å². The maximum atomic E-state index is 4.45. The van der Waals surface area contributed by atoms with E-state index in [9.17, 15) is 0 Å². The fourth-order valence-corrected chi connectivity index (χ4v) is 2.37. The van der Waals surface area contributed by atoms with E-state index in [0.717, 1.165) is 27.8 Å². The minimum atomic E-state index is 0.844. The van der Waals surface area contributed by atoms with Crippen LogP contribution in [0, 0.1) is 0 Å². The molecule has 0 spiro atoms. The van der Waals surface area contributed by atoms with Gasteiger partial charge in [0, 0.05) is 30.2 Å². The van der Waals surface area contributed by atoms with Crippen molar-refractivity contribution in [2.75, 3.05) is 0 Å². The van der Waals surface area contributed by atoms with Crippen LogP contribution in [0.15, 0.2) is 61.3 Å². The second-order valence-corrected chi connectivity index (χ2v) is 4.33. The van der Waals surface area contributed by atoms with Crippen LogP contribution in [-0.2, 0) is 0 Å². The molecule has 0 fully saturated rings. The van der Waals surface area contributed by atoms with E-state index in [-0.39, 0.29) is 0 Å². The predicted molar refractivity (Wildman–Crippen MR) is 73.7 cm³/mol. The van der Waals surface area contributed by atoms with Crippen molar-refractivity contribution in [2.24, 2.45) is 0 Å². The van der Waals surface area contributed by atoms with E-state index in [4.69, 9.17) is 0 Å². The molecule has 3 heterocycles. The maximum absolute atomic E-state index is 4.45. The molecule has 0 atom stereocenters. The van der Waals surface area contributed by atoms with Gasteiger partial charge >= 0.3 is 0 Å². The Labute approximate surface area is 109 Å². The quantitative estimate of drug-likeness (QED) is 0.518. The Kier molecular flexibility index (Phi) is 2.08. The van der Waals surface area contributed by atoms with Crippen molar-refractivity contribution in [3.63, 3.8) is 0 Å². The van der Waals surface area contributed by atoms with Gasteiger partial charge in [-0.2, -0.15) is 0 Å². The van der Waals surface area contributed by atoms with Crippen LogP contribution in [0.5, 0.6) is 0 Å². The highest BCUT2D eigenvalue weighted by atomic mass is 15.0. The normalized spacial score (nSPS) is 11.2. The smallest absolute Gasteiger partial charge is 0.145 e. The number of nitrogens with zero attached hydrogens (tertiary/aromatic N) is 4. The minimum Gasteiger partial charge on any atom is -0.298 e. The summed E-state index contributed by atoms with van der Waals surface area (Å²) in [5.41, 5.74) is 2.79. The Hall–Kier alpha value is -2.75. The maximum Gasteiger partial charge on any atom is 0.145 e. The second-order valence-electron chi connectivity index (χ2n) is 4.33. The van der Waals surface area contributed by atoms with Crippen LogP contribution in [0.25, 0.3) is 27.8 Å². The molecule has 0 saturated carbocycles. The molecule has 0 aliphatic rings. The lowest BCUT2D eigenvalue weighted by Gasteiger charge is -2.07. The van der Waals surface area contributed by atoms with Gasteiger partial charge in [0.1, 0.15) is 11.3 Å². The third-order valence-corrected chi connectivity index (χ3v) is 3.22. The molecular weight excluding hydrogens is 236 g/mol. The van der Waals surface area contributed by atoms with Crippen molar-refractivity contribution >= 4 is 16.4 Å². The first-order valence-corrected chi connectivity index (χ1v) is 6.05. The van der Waals surface area contributed by atoms with Gasteiger partial charge in [-0.25, -0.2) is 4.98 Å². The molecule has 0 amide bonds. The van der Waals surface area contributed by atoms with Gasteiger partial charge in [-0.3, -0.25) is 14.4 Å². The van der Waals surface area contributed by atoms with Gasteiger partial charge in [-0.1, -0.05) is 24.3 Å². The Morgan fingerprint density at radius 1 is 0.947 bits per heavy atom. The Morgan fingerprint density at radius 2 is 1.89 bits per heavy atom. The highest BCUT2D eigenvalue weighted by Gasteiger charge is 2.09. The van der Waals surface area contributed by atoms with Crippen LogP contribution in [0.4, 0.5) is 0 Å². The van der Waals surface area contributed by atoms with Gasteiger partial charge in [0.05, 0.1) is 11.9 Å². The third kappa shape index (κ3) is 1.50. The highest BCUT2D eigenvalue weighted by molar-refractivity contribution is 5.96. The molecule has 0 unspecified atom stereocenters. The number of hydrogen-bond donors (Lipinski definition) is 0. The van der Waals surface area contributed by atoms with Crippen molar-refractivity contribution in [1.82, 2.24) is 19.4 Å². The van der Waals surface area contributed by atoms with E-state index in [1.165, 1.54) is 0 Å². The summed E-state index contributed by atoms with van der Waals surface area (Å²) >= 11 is 0. The van der Waals surface area contributed by atoms with Crippen LogP contribution in [0.3, 0.4) is 0 Å². The zero-order valence-corrected chi connectivity index (χ0v) is 10.1. The molecular formula is C15H10N4. The molecule has 0 aliphatic carbocycles. The van der Waals surface area contributed by atoms with Crippen LogP contribution in [0.2, 0.25) is 0 Å². The Morgan fingerprint density at radius 3 is 2.79 bits per heavy atom. The fraction of sp³-hybridized carbons (Fsp3) is 0. The number of imidazole rings is 1. The van der Waals surface area contributed by atoms with Crippen molar-refractivity contribution < 1.29 is 0 Å². The van der Waals surface area contributed by atoms with Crippen LogP contribution in [0.1, 0.15) is 0 Å². The van der Waals surface area contributed by atoms with Gasteiger partial charge in [0.15, 0.2) is 0 Å². The SMILES string of the molecule is c1ccc2c(c1)cc(-c1cnccn1)n1ccnc21. The molecule has 3 aromatic heterocycles.